The van der Waals surface area contributed by atoms with E-state index >= 15 is 0 Å². The maximum Gasteiger partial charge on any atom is 0.340 e. The first-order chi connectivity index (χ1) is 6.93. The van der Waals surface area contributed by atoms with E-state index in [0.717, 1.165) is 11.5 Å². The number of carbonyl (C=O) groups is 2. The van der Waals surface area contributed by atoms with E-state index in [9.17, 15) is 9.59 Å². The van der Waals surface area contributed by atoms with Gasteiger partial charge in [0.05, 0.1) is 11.7 Å². The summed E-state index contributed by atoms with van der Waals surface area (Å²) >= 11 is 0.932. The first-order valence-corrected chi connectivity index (χ1v) is 4.96. The van der Waals surface area contributed by atoms with E-state index in [2.05, 4.69) is 9.69 Å². The highest BCUT2D eigenvalue weighted by Crippen LogP contribution is 2.24. The monoisotopic (exact) mass is 229 g/mol. The highest BCUT2D eigenvalue weighted by atomic mass is 32.1. The van der Waals surface area contributed by atoms with Crippen molar-refractivity contribution < 1.29 is 14.7 Å². The van der Waals surface area contributed by atoms with E-state index < -0.39 is 17.9 Å². The maximum atomic E-state index is 11.2. The van der Waals surface area contributed by atoms with E-state index in [4.69, 9.17) is 10.8 Å². The molecule has 1 amide bonds. The fourth-order valence-electron chi connectivity index (χ4n) is 0.933. The van der Waals surface area contributed by atoms with Crippen molar-refractivity contribution in [3.63, 3.8) is 0 Å². The smallest absolute Gasteiger partial charge is 0.340 e. The van der Waals surface area contributed by atoms with Gasteiger partial charge in [0, 0.05) is 0 Å². The molecule has 1 atom stereocenters. The standard InChI is InChI=1S/C8H11N3O3S/c1-3(9)6(12)10-7-5(8(13)14)4(2)11-15-7/h3H,9H2,1-2H3,(H,10,12)(H,13,14)/t3-/m0/s1. The topological polar surface area (TPSA) is 105 Å². The molecular weight excluding hydrogens is 218 g/mol. The van der Waals surface area contributed by atoms with Gasteiger partial charge in [-0.3, -0.25) is 4.79 Å². The average Bonchev–Trinajstić information content (AvgIpc) is 2.46. The zero-order valence-corrected chi connectivity index (χ0v) is 9.09. The number of amides is 1. The minimum atomic E-state index is -1.11. The summed E-state index contributed by atoms with van der Waals surface area (Å²) in [5.74, 6) is -1.54. The SMILES string of the molecule is Cc1nsc(NC(=O)[C@H](C)N)c1C(=O)O. The Kier molecular flexibility index (Phi) is 3.38. The molecule has 0 saturated carbocycles. The molecule has 1 aromatic heterocycles. The molecule has 0 fully saturated rings. The number of carbonyl (C=O) groups excluding carboxylic acids is 1. The highest BCUT2D eigenvalue weighted by Gasteiger charge is 2.20. The summed E-state index contributed by atoms with van der Waals surface area (Å²) in [6, 6.07) is -0.686. The lowest BCUT2D eigenvalue weighted by atomic mass is 10.2. The molecule has 0 bridgehead atoms. The quantitative estimate of drug-likeness (QED) is 0.697. The molecular formula is C8H11N3O3S. The first-order valence-electron chi connectivity index (χ1n) is 4.19. The van der Waals surface area contributed by atoms with Crippen LogP contribution in [0.3, 0.4) is 0 Å². The minimum absolute atomic E-state index is 0.0222. The van der Waals surface area contributed by atoms with Crippen molar-refractivity contribution in [1.29, 1.82) is 0 Å². The summed E-state index contributed by atoms with van der Waals surface area (Å²) in [4.78, 5) is 22.1. The molecule has 0 spiro atoms. The third-order valence-electron chi connectivity index (χ3n) is 1.73. The molecule has 0 unspecified atom stereocenters. The van der Waals surface area contributed by atoms with Crippen LogP contribution in [-0.4, -0.2) is 27.4 Å². The second kappa shape index (κ2) is 4.37. The lowest BCUT2D eigenvalue weighted by Crippen LogP contribution is -2.32. The van der Waals surface area contributed by atoms with Gasteiger partial charge in [0.2, 0.25) is 5.91 Å². The molecule has 0 saturated heterocycles. The normalized spacial score (nSPS) is 12.2. The van der Waals surface area contributed by atoms with Crippen LogP contribution >= 0.6 is 11.5 Å². The van der Waals surface area contributed by atoms with E-state index in [0.29, 0.717) is 5.69 Å². The largest absolute Gasteiger partial charge is 0.478 e. The van der Waals surface area contributed by atoms with E-state index in [1.807, 2.05) is 0 Å². The second-order valence-corrected chi connectivity index (χ2v) is 3.83. The number of carboxylic acids is 1. The maximum absolute atomic E-state index is 11.2. The van der Waals surface area contributed by atoms with Gasteiger partial charge in [-0.1, -0.05) is 0 Å². The van der Waals surface area contributed by atoms with E-state index in [1.165, 1.54) is 6.92 Å². The number of aryl methyl sites for hydroxylation is 1. The number of aromatic carboxylic acids is 1. The fourth-order valence-corrected chi connectivity index (χ4v) is 1.72. The molecule has 0 radical (unpaired) electrons. The molecule has 0 aromatic carbocycles. The number of anilines is 1. The Morgan fingerprint density at radius 3 is 2.67 bits per heavy atom. The lowest BCUT2D eigenvalue weighted by Gasteiger charge is -2.05. The van der Waals surface area contributed by atoms with Gasteiger partial charge in [0.1, 0.15) is 10.6 Å². The van der Waals surface area contributed by atoms with Gasteiger partial charge in [-0.25, -0.2) is 4.79 Å². The lowest BCUT2D eigenvalue weighted by molar-refractivity contribution is -0.117. The van der Waals surface area contributed by atoms with Gasteiger partial charge in [-0.2, -0.15) is 4.37 Å². The zero-order valence-electron chi connectivity index (χ0n) is 8.27. The van der Waals surface area contributed by atoms with E-state index in [-0.39, 0.29) is 10.6 Å². The first kappa shape index (κ1) is 11.6. The predicted octanol–water partition coefficient (Wildman–Crippen LogP) is 0.435. The summed E-state index contributed by atoms with van der Waals surface area (Å²) in [7, 11) is 0. The number of nitrogens with two attached hydrogens (primary N) is 1. The number of nitrogens with zero attached hydrogens (tertiary/aromatic N) is 1. The molecule has 1 rings (SSSR count). The average molecular weight is 229 g/mol. The Morgan fingerprint density at radius 1 is 1.60 bits per heavy atom. The van der Waals surface area contributed by atoms with Crippen molar-refractivity contribution in [2.45, 2.75) is 19.9 Å². The number of aromatic nitrogens is 1. The van der Waals surface area contributed by atoms with Crippen LogP contribution in [0.1, 0.15) is 23.0 Å². The van der Waals surface area contributed by atoms with Gasteiger partial charge < -0.3 is 16.2 Å². The van der Waals surface area contributed by atoms with Crippen LogP contribution in [-0.2, 0) is 4.79 Å². The number of hydrogen-bond acceptors (Lipinski definition) is 5. The van der Waals surface area contributed by atoms with Gasteiger partial charge >= 0.3 is 5.97 Å². The van der Waals surface area contributed by atoms with Crippen molar-refractivity contribution in [2.24, 2.45) is 5.73 Å². The van der Waals surface area contributed by atoms with Gasteiger partial charge in [0.25, 0.3) is 0 Å². The molecule has 1 aromatic rings. The second-order valence-electron chi connectivity index (χ2n) is 3.06. The fraction of sp³-hybridized carbons (Fsp3) is 0.375. The minimum Gasteiger partial charge on any atom is -0.478 e. The van der Waals surface area contributed by atoms with Crippen LogP contribution in [0.2, 0.25) is 0 Å². The Bertz CT molecular complexity index is 400. The summed E-state index contributed by atoms with van der Waals surface area (Å²) in [5.41, 5.74) is 5.75. The third-order valence-corrected chi connectivity index (χ3v) is 2.58. The van der Waals surface area contributed by atoms with E-state index in [1.54, 1.807) is 6.92 Å². The van der Waals surface area contributed by atoms with Crippen LogP contribution in [0.15, 0.2) is 0 Å². The molecule has 6 nitrogen and oxygen atoms in total. The number of rotatable bonds is 3. The number of carboxylic acid groups (broad SMARTS) is 1. The van der Waals surface area contributed by atoms with Crippen LogP contribution in [0.25, 0.3) is 0 Å². The number of hydrogen-bond donors (Lipinski definition) is 3. The van der Waals surface area contributed by atoms with Crippen LogP contribution in [0, 0.1) is 6.92 Å². The summed E-state index contributed by atoms with van der Waals surface area (Å²) in [6.07, 6.45) is 0. The highest BCUT2D eigenvalue weighted by molar-refractivity contribution is 7.11. The summed E-state index contributed by atoms with van der Waals surface area (Å²) < 4.78 is 3.86. The number of nitrogens with one attached hydrogen (secondary N) is 1. The predicted molar refractivity (Wildman–Crippen MR) is 56.1 cm³/mol. The third kappa shape index (κ3) is 2.51. The molecule has 0 aliphatic carbocycles. The van der Waals surface area contributed by atoms with Crippen molar-refractivity contribution >= 4 is 28.4 Å². The molecule has 0 aliphatic rings. The summed E-state index contributed by atoms with van der Waals surface area (Å²) in [5, 5.41) is 11.5. The molecule has 0 aliphatic heterocycles. The van der Waals surface area contributed by atoms with Gasteiger partial charge in [-0.05, 0) is 25.4 Å². The van der Waals surface area contributed by atoms with Crippen LogP contribution in [0.5, 0.6) is 0 Å². The van der Waals surface area contributed by atoms with Gasteiger partial charge in [0.15, 0.2) is 0 Å². The zero-order chi connectivity index (χ0) is 11.6. The molecule has 4 N–H and O–H groups in total. The Balaban J connectivity index is 2.96. The Labute approximate surface area is 90.3 Å². The molecule has 15 heavy (non-hydrogen) atoms. The Hall–Kier alpha value is -1.47. The molecule has 7 heteroatoms. The van der Waals surface area contributed by atoms with Crippen molar-refractivity contribution in [1.82, 2.24) is 4.37 Å². The van der Waals surface area contributed by atoms with Gasteiger partial charge in [-0.15, -0.1) is 0 Å². The van der Waals surface area contributed by atoms with Crippen molar-refractivity contribution in [3.8, 4) is 0 Å². The Morgan fingerprint density at radius 2 is 2.20 bits per heavy atom. The van der Waals surface area contributed by atoms with Crippen molar-refractivity contribution in [2.75, 3.05) is 5.32 Å². The molecule has 1 heterocycles. The molecule has 82 valence electrons. The van der Waals surface area contributed by atoms with Crippen molar-refractivity contribution in [3.05, 3.63) is 11.3 Å². The van der Waals surface area contributed by atoms with Crippen LogP contribution in [0.4, 0.5) is 5.00 Å². The summed E-state index contributed by atoms with van der Waals surface area (Å²) in [6.45, 7) is 3.09. The van der Waals surface area contributed by atoms with Crippen LogP contribution < -0.4 is 11.1 Å².